The minimum absolute atomic E-state index is 0.786. The highest BCUT2D eigenvalue weighted by molar-refractivity contribution is 5.58. The van der Waals surface area contributed by atoms with Crippen LogP contribution >= 0.6 is 0 Å². The molecule has 4 nitrogen and oxygen atoms in total. The highest BCUT2D eigenvalue weighted by atomic mass is 15.1. The van der Waals surface area contributed by atoms with Crippen molar-refractivity contribution in [2.24, 2.45) is 0 Å². The normalized spacial score (nSPS) is 10.0. The summed E-state index contributed by atoms with van der Waals surface area (Å²) >= 11 is 0. The zero-order valence-corrected chi connectivity index (χ0v) is 10.1. The fourth-order valence-electron chi connectivity index (χ4n) is 1.53. The Morgan fingerprint density at radius 2 is 1.76 bits per heavy atom. The van der Waals surface area contributed by atoms with E-state index in [1.807, 2.05) is 13.1 Å². The molecular weight excluding hydrogens is 212 g/mol. The van der Waals surface area contributed by atoms with Crippen molar-refractivity contribution in [3.05, 3.63) is 42.2 Å². The molecule has 0 aliphatic heterocycles. The molecule has 0 unspecified atom stereocenters. The molecule has 1 aromatic heterocycles. The van der Waals surface area contributed by atoms with Gasteiger partial charge in [-0.2, -0.15) is 0 Å². The number of rotatable bonds is 4. The smallest absolute Gasteiger partial charge is 0.135 e. The average molecular weight is 228 g/mol. The summed E-state index contributed by atoms with van der Waals surface area (Å²) < 4.78 is 0. The number of hydrogen-bond donors (Lipinski definition) is 2. The van der Waals surface area contributed by atoms with E-state index in [-0.39, 0.29) is 0 Å². The van der Waals surface area contributed by atoms with E-state index in [9.17, 15) is 0 Å². The lowest BCUT2D eigenvalue weighted by Gasteiger charge is -2.07. The maximum absolute atomic E-state index is 4.16. The Hall–Kier alpha value is -2.10. The molecular formula is C13H16N4. The van der Waals surface area contributed by atoms with Gasteiger partial charge in [0.25, 0.3) is 0 Å². The summed E-state index contributed by atoms with van der Waals surface area (Å²) in [4.78, 5) is 8.23. The number of nitrogens with one attached hydrogen (secondary N) is 2. The summed E-state index contributed by atoms with van der Waals surface area (Å²) in [7, 11) is 1.84. The second-order valence-corrected chi connectivity index (χ2v) is 3.71. The fraction of sp³-hybridized carbons (Fsp3) is 0.231. The first-order chi connectivity index (χ1) is 8.31. The van der Waals surface area contributed by atoms with Crippen molar-refractivity contribution >= 4 is 17.3 Å². The minimum atomic E-state index is 0.786. The van der Waals surface area contributed by atoms with Gasteiger partial charge in [0.1, 0.15) is 18.0 Å². The molecule has 2 rings (SSSR count). The molecule has 0 spiro atoms. The van der Waals surface area contributed by atoms with Crippen molar-refractivity contribution in [2.75, 3.05) is 17.7 Å². The van der Waals surface area contributed by atoms with Crippen LogP contribution in [-0.2, 0) is 6.42 Å². The summed E-state index contributed by atoms with van der Waals surface area (Å²) in [6.07, 6.45) is 2.59. The Balaban J connectivity index is 2.13. The van der Waals surface area contributed by atoms with Crippen LogP contribution in [0.3, 0.4) is 0 Å². The summed E-state index contributed by atoms with van der Waals surface area (Å²) in [6, 6.07) is 10.2. The Morgan fingerprint density at radius 3 is 2.41 bits per heavy atom. The summed E-state index contributed by atoms with van der Waals surface area (Å²) in [6.45, 7) is 2.14. The molecule has 0 aliphatic carbocycles. The molecule has 0 bridgehead atoms. The van der Waals surface area contributed by atoms with Crippen LogP contribution in [0.1, 0.15) is 12.5 Å². The van der Waals surface area contributed by atoms with Crippen LogP contribution in [-0.4, -0.2) is 17.0 Å². The van der Waals surface area contributed by atoms with E-state index in [1.165, 1.54) is 11.9 Å². The van der Waals surface area contributed by atoms with E-state index < -0.39 is 0 Å². The first-order valence-corrected chi connectivity index (χ1v) is 5.67. The third kappa shape index (κ3) is 2.93. The van der Waals surface area contributed by atoms with Gasteiger partial charge in [-0.05, 0) is 24.1 Å². The van der Waals surface area contributed by atoms with Gasteiger partial charge in [0.05, 0.1) is 0 Å². The van der Waals surface area contributed by atoms with Gasteiger partial charge < -0.3 is 10.6 Å². The van der Waals surface area contributed by atoms with E-state index in [0.717, 1.165) is 23.7 Å². The summed E-state index contributed by atoms with van der Waals surface area (Å²) in [5.41, 5.74) is 2.36. The SMILES string of the molecule is CCc1ccc(Nc2cc(NC)ncn2)cc1. The zero-order chi connectivity index (χ0) is 12.1. The van der Waals surface area contributed by atoms with Crippen LogP contribution in [0.2, 0.25) is 0 Å². The van der Waals surface area contributed by atoms with Gasteiger partial charge in [-0.25, -0.2) is 9.97 Å². The second kappa shape index (κ2) is 5.30. The first kappa shape index (κ1) is 11.4. The molecule has 2 aromatic rings. The van der Waals surface area contributed by atoms with Crippen molar-refractivity contribution in [2.45, 2.75) is 13.3 Å². The molecule has 17 heavy (non-hydrogen) atoms. The van der Waals surface area contributed by atoms with Gasteiger partial charge >= 0.3 is 0 Å². The molecule has 0 saturated heterocycles. The van der Waals surface area contributed by atoms with Crippen LogP contribution in [0.4, 0.5) is 17.3 Å². The molecule has 0 atom stereocenters. The van der Waals surface area contributed by atoms with Crippen LogP contribution in [0, 0.1) is 0 Å². The Morgan fingerprint density at radius 1 is 1.06 bits per heavy atom. The molecule has 2 N–H and O–H groups in total. The van der Waals surface area contributed by atoms with E-state index >= 15 is 0 Å². The second-order valence-electron chi connectivity index (χ2n) is 3.71. The molecule has 0 radical (unpaired) electrons. The van der Waals surface area contributed by atoms with Crippen molar-refractivity contribution in [1.82, 2.24) is 9.97 Å². The fourth-order valence-corrected chi connectivity index (χ4v) is 1.53. The van der Waals surface area contributed by atoms with Crippen LogP contribution < -0.4 is 10.6 Å². The molecule has 0 fully saturated rings. The summed E-state index contributed by atoms with van der Waals surface area (Å²) in [5, 5.41) is 6.22. The standard InChI is InChI=1S/C13H16N4/c1-3-10-4-6-11(7-5-10)17-13-8-12(14-2)15-9-16-13/h4-9H,3H2,1-2H3,(H2,14,15,16,17). The van der Waals surface area contributed by atoms with Crippen molar-refractivity contribution in [1.29, 1.82) is 0 Å². The maximum atomic E-state index is 4.16. The van der Waals surface area contributed by atoms with E-state index in [0.29, 0.717) is 0 Å². The number of benzene rings is 1. The molecule has 0 saturated carbocycles. The highest BCUT2D eigenvalue weighted by Gasteiger charge is 1.98. The van der Waals surface area contributed by atoms with E-state index in [1.54, 1.807) is 0 Å². The topological polar surface area (TPSA) is 49.8 Å². The van der Waals surface area contributed by atoms with Crippen LogP contribution in [0.25, 0.3) is 0 Å². The van der Waals surface area contributed by atoms with Gasteiger partial charge in [0, 0.05) is 18.8 Å². The summed E-state index contributed by atoms with van der Waals surface area (Å²) in [5.74, 6) is 1.58. The lowest BCUT2D eigenvalue weighted by molar-refractivity contribution is 1.14. The molecule has 0 amide bonds. The minimum Gasteiger partial charge on any atom is -0.373 e. The van der Waals surface area contributed by atoms with Crippen LogP contribution in [0.5, 0.6) is 0 Å². The van der Waals surface area contributed by atoms with E-state index in [4.69, 9.17) is 0 Å². The third-order valence-electron chi connectivity index (χ3n) is 2.56. The van der Waals surface area contributed by atoms with Gasteiger partial charge in [0.15, 0.2) is 0 Å². The molecule has 88 valence electrons. The maximum Gasteiger partial charge on any atom is 0.135 e. The van der Waals surface area contributed by atoms with Crippen molar-refractivity contribution in [3.63, 3.8) is 0 Å². The molecule has 1 heterocycles. The lowest BCUT2D eigenvalue weighted by atomic mass is 10.1. The van der Waals surface area contributed by atoms with Crippen LogP contribution in [0.15, 0.2) is 36.7 Å². The van der Waals surface area contributed by atoms with Crippen molar-refractivity contribution in [3.8, 4) is 0 Å². The lowest BCUT2D eigenvalue weighted by Crippen LogP contribution is -1.97. The number of aromatic nitrogens is 2. The predicted molar refractivity (Wildman–Crippen MR) is 70.7 cm³/mol. The largest absolute Gasteiger partial charge is 0.373 e. The molecule has 0 aliphatic rings. The number of nitrogens with zero attached hydrogens (tertiary/aromatic N) is 2. The van der Waals surface area contributed by atoms with Gasteiger partial charge in [0.2, 0.25) is 0 Å². The average Bonchev–Trinajstić information content (AvgIpc) is 2.40. The van der Waals surface area contributed by atoms with E-state index in [2.05, 4.69) is 51.8 Å². The van der Waals surface area contributed by atoms with Gasteiger partial charge in [-0.1, -0.05) is 19.1 Å². The molecule has 1 aromatic carbocycles. The Labute approximate surface area is 101 Å². The monoisotopic (exact) mass is 228 g/mol. The number of aryl methyl sites for hydroxylation is 1. The van der Waals surface area contributed by atoms with Gasteiger partial charge in [-0.3, -0.25) is 0 Å². The highest BCUT2D eigenvalue weighted by Crippen LogP contribution is 2.16. The quantitative estimate of drug-likeness (QED) is 0.844. The number of anilines is 3. The van der Waals surface area contributed by atoms with Crippen molar-refractivity contribution < 1.29 is 0 Å². The third-order valence-corrected chi connectivity index (χ3v) is 2.56. The molecule has 4 heteroatoms. The Kier molecular flexibility index (Phi) is 3.55. The number of hydrogen-bond acceptors (Lipinski definition) is 4. The predicted octanol–water partition coefficient (Wildman–Crippen LogP) is 2.82. The zero-order valence-electron chi connectivity index (χ0n) is 10.1. The van der Waals surface area contributed by atoms with Gasteiger partial charge in [-0.15, -0.1) is 0 Å². The Bertz CT molecular complexity index is 479. The first-order valence-electron chi connectivity index (χ1n) is 5.67.